The number of nitrogens with zero attached hydrogens (tertiary/aromatic N) is 2. The van der Waals surface area contributed by atoms with Crippen LogP contribution in [0.15, 0.2) is 22.5 Å². The maximum absolute atomic E-state index is 13.2. The van der Waals surface area contributed by atoms with E-state index in [1.54, 1.807) is 9.80 Å². The third kappa shape index (κ3) is 4.03. The smallest absolute Gasteiger partial charge is 0.410 e. The molecule has 4 N–H and O–H groups in total. The molecule has 3 heterocycles. The van der Waals surface area contributed by atoms with Gasteiger partial charge in [0, 0.05) is 24.8 Å². The number of Topliss-reactive ketones (excluding diaryl/α,β-unsaturated/α-hetero) is 2. The molecule has 2 fully saturated rings. The standard InChI is InChI=1S/C25H36N4O7/c1-4-5-6-7-8-9-10-11-35-24(33)29-16-12-28-19-17(21(31)18(26)14(2)20(19)30)15(13-36-23(27)32)25(28,34-3)22(16)29/h15-16,22H,4-13,26H2,1-3H3,(H2,27,32)/t15-,16+,22+,25-,29?/m1/s1. The summed E-state index contributed by atoms with van der Waals surface area (Å²) in [5, 5.41) is 0. The van der Waals surface area contributed by atoms with Gasteiger partial charge in [-0.1, -0.05) is 45.4 Å². The molecule has 2 amide bonds. The van der Waals surface area contributed by atoms with Gasteiger partial charge in [-0.2, -0.15) is 0 Å². The number of rotatable bonds is 11. The van der Waals surface area contributed by atoms with Crippen LogP contribution in [-0.2, 0) is 23.8 Å². The second kappa shape index (κ2) is 10.1. The Labute approximate surface area is 210 Å². The third-order valence-electron chi connectivity index (χ3n) is 7.87. The third-order valence-corrected chi connectivity index (χ3v) is 7.87. The van der Waals surface area contributed by atoms with E-state index >= 15 is 0 Å². The Hall–Kier alpha value is -3.08. The van der Waals surface area contributed by atoms with Crippen LogP contribution in [0, 0.1) is 5.92 Å². The minimum absolute atomic E-state index is 0.132. The summed E-state index contributed by atoms with van der Waals surface area (Å²) >= 11 is 0. The van der Waals surface area contributed by atoms with E-state index in [1.165, 1.54) is 39.7 Å². The Balaban J connectivity index is 1.47. The van der Waals surface area contributed by atoms with Crippen molar-refractivity contribution in [1.82, 2.24) is 9.80 Å². The van der Waals surface area contributed by atoms with Gasteiger partial charge in [-0.3, -0.25) is 14.5 Å². The second-order valence-corrected chi connectivity index (χ2v) is 9.86. The summed E-state index contributed by atoms with van der Waals surface area (Å²) in [6.45, 7) is 4.00. The van der Waals surface area contributed by atoms with Crippen molar-refractivity contribution in [3.05, 3.63) is 22.5 Å². The average molecular weight is 505 g/mol. The molecule has 1 aliphatic carbocycles. The number of primary amides is 1. The van der Waals surface area contributed by atoms with E-state index in [4.69, 9.17) is 25.7 Å². The quantitative estimate of drug-likeness (QED) is 0.244. The number of carbonyl (C=O) groups excluding carboxylic acids is 4. The van der Waals surface area contributed by atoms with Gasteiger partial charge < -0.3 is 30.6 Å². The topological polar surface area (TPSA) is 154 Å². The average Bonchev–Trinajstić information content (AvgIpc) is 3.36. The highest BCUT2D eigenvalue weighted by molar-refractivity contribution is 6.25. The first-order chi connectivity index (χ1) is 17.2. The molecule has 0 aromatic carbocycles. The number of nitrogens with two attached hydrogens (primary N) is 2. The number of unbranched alkanes of at least 4 members (excludes halogenated alkanes) is 6. The number of piperazine rings is 1. The molecule has 4 atom stereocenters. The Morgan fingerprint density at radius 3 is 2.36 bits per heavy atom. The molecule has 0 bridgehead atoms. The zero-order chi connectivity index (χ0) is 26.2. The van der Waals surface area contributed by atoms with E-state index in [2.05, 4.69) is 6.92 Å². The Kier molecular flexibility index (Phi) is 7.31. The fraction of sp³-hybridized carbons (Fsp3) is 0.680. The lowest BCUT2D eigenvalue weighted by Crippen LogP contribution is -2.56. The van der Waals surface area contributed by atoms with Crippen LogP contribution >= 0.6 is 0 Å². The molecule has 0 aromatic heterocycles. The summed E-state index contributed by atoms with van der Waals surface area (Å²) in [7, 11) is 1.45. The number of ether oxygens (including phenoxy) is 3. The van der Waals surface area contributed by atoms with Crippen molar-refractivity contribution in [2.75, 3.05) is 26.9 Å². The molecule has 11 nitrogen and oxygen atoms in total. The minimum atomic E-state index is -1.28. The first-order valence-corrected chi connectivity index (χ1v) is 12.7. The molecule has 0 aromatic rings. The Morgan fingerprint density at radius 2 is 1.72 bits per heavy atom. The molecule has 11 heteroatoms. The van der Waals surface area contributed by atoms with Gasteiger partial charge in [0.2, 0.25) is 11.6 Å². The molecular formula is C25H36N4O7. The van der Waals surface area contributed by atoms with Gasteiger partial charge in [0.05, 0.1) is 30.0 Å². The van der Waals surface area contributed by atoms with E-state index in [0.29, 0.717) is 6.61 Å². The number of methoxy groups -OCH3 is 1. The Morgan fingerprint density at radius 1 is 1.06 bits per heavy atom. The van der Waals surface area contributed by atoms with Crippen LogP contribution in [0.5, 0.6) is 0 Å². The number of hydrogen-bond donors (Lipinski definition) is 2. The van der Waals surface area contributed by atoms with Gasteiger partial charge in [0.15, 0.2) is 5.72 Å². The lowest BCUT2D eigenvalue weighted by molar-refractivity contribution is -0.144. The van der Waals surface area contributed by atoms with Crippen LogP contribution in [-0.4, -0.2) is 78.2 Å². The highest BCUT2D eigenvalue weighted by atomic mass is 16.6. The summed E-state index contributed by atoms with van der Waals surface area (Å²) in [5.41, 5.74) is 10.2. The minimum Gasteiger partial charge on any atom is -0.449 e. The summed E-state index contributed by atoms with van der Waals surface area (Å²) in [4.78, 5) is 54.0. The van der Waals surface area contributed by atoms with Crippen molar-refractivity contribution < 1.29 is 33.4 Å². The van der Waals surface area contributed by atoms with Gasteiger partial charge in [-0.15, -0.1) is 0 Å². The fourth-order valence-corrected chi connectivity index (χ4v) is 6.02. The van der Waals surface area contributed by atoms with Crippen molar-refractivity contribution in [3.8, 4) is 0 Å². The number of allylic oxidation sites excluding steroid dienone is 2. The Bertz CT molecular complexity index is 1020. The summed E-state index contributed by atoms with van der Waals surface area (Å²) < 4.78 is 16.6. The molecule has 0 radical (unpaired) electrons. The largest absolute Gasteiger partial charge is 0.449 e. The van der Waals surface area contributed by atoms with Crippen molar-refractivity contribution in [1.29, 1.82) is 0 Å². The maximum Gasteiger partial charge on any atom is 0.410 e. The van der Waals surface area contributed by atoms with E-state index < -0.39 is 35.7 Å². The molecule has 4 aliphatic rings. The zero-order valence-electron chi connectivity index (χ0n) is 21.2. The molecule has 0 saturated carbocycles. The van der Waals surface area contributed by atoms with Crippen LogP contribution in [0.4, 0.5) is 9.59 Å². The van der Waals surface area contributed by atoms with Crippen LogP contribution < -0.4 is 11.5 Å². The van der Waals surface area contributed by atoms with Gasteiger partial charge in [-0.25, -0.2) is 9.59 Å². The lowest BCUT2D eigenvalue weighted by Gasteiger charge is -2.40. The van der Waals surface area contributed by atoms with E-state index in [1.807, 2.05) is 0 Å². The normalized spacial score (nSPS) is 28.4. The molecule has 2 saturated heterocycles. The summed E-state index contributed by atoms with van der Waals surface area (Å²) in [5.74, 6) is -1.74. The number of ketones is 2. The van der Waals surface area contributed by atoms with Crippen molar-refractivity contribution in [2.24, 2.45) is 17.4 Å². The van der Waals surface area contributed by atoms with Gasteiger partial charge in [0.25, 0.3) is 0 Å². The first-order valence-electron chi connectivity index (χ1n) is 12.7. The number of amides is 2. The zero-order valence-corrected chi connectivity index (χ0v) is 21.2. The SMILES string of the molecule is CCCCCCCCCOC(=O)N1[C@H]2[C@@H]1CN1C3=C(C(=O)C(N)=C(C)C3=O)[C@@H](COC(N)=O)[C@@]21OC. The lowest BCUT2D eigenvalue weighted by atomic mass is 9.82. The number of hydrogen-bond acceptors (Lipinski definition) is 9. The molecule has 4 rings (SSSR count). The van der Waals surface area contributed by atoms with Crippen LogP contribution in [0.1, 0.15) is 58.8 Å². The molecule has 0 spiro atoms. The van der Waals surface area contributed by atoms with E-state index in [9.17, 15) is 19.2 Å². The first kappa shape index (κ1) is 26.0. The predicted molar refractivity (Wildman–Crippen MR) is 128 cm³/mol. The second-order valence-electron chi connectivity index (χ2n) is 9.86. The maximum atomic E-state index is 13.2. The van der Waals surface area contributed by atoms with Crippen LogP contribution in [0.3, 0.4) is 0 Å². The predicted octanol–water partition coefficient (Wildman–Crippen LogP) is 1.95. The number of carbonyl (C=O) groups is 4. The molecular weight excluding hydrogens is 468 g/mol. The van der Waals surface area contributed by atoms with E-state index in [-0.39, 0.29) is 47.5 Å². The van der Waals surface area contributed by atoms with Crippen molar-refractivity contribution in [3.63, 3.8) is 0 Å². The van der Waals surface area contributed by atoms with Crippen LogP contribution in [0.2, 0.25) is 0 Å². The van der Waals surface area contributed by atoms with Gasteiger partial charge in [-0.05, 0) is 13.3 Å². The molecule has 0 unspecified atom stereocenters. The summed E-state index contributed by atoms with van der Waals surface area (Å²) in [6.07, 6.45) is 6.29. The summed E-state index contributed by atoms with van der Waals surface area (Å²) in [6, 6.07) is -0.749. The molecule has 3 aliphatic heterocycles. The highest BCUT2D eigenvalue weighted by Crippen LogP contribution is 2.59. The number of fused-ring (bicyclic) bond motifs is 4. The van der Waals surface area contributed by atoms with Crippen LogP contribution in [0.25, 0.3) is 0 Å². The van der Waals surface area contributed by atoms with Gasteiger partial charge in [0.1, 0.15) is 12.6 Å². The molecule has 198 valence electrons. The van der Waals surface area contributed by atoms with Crippen molar-refractivity contribution >= 4 is 23.8 Å². The molecule has 36 heavy (non-hydrogen) atoms. The highest BCUT2D eigenvalue weighted by Gasteiger charge is 2.78. The van der Waals surface area contributed by atoms with Gasteiger partial charge >= 0.3 is 12.2 Å². The van der Waals surface area contributed by atoms with E-state index in [0.717, 1.165) is 19.3 Å². The monoisotopic (exact) mass is 504 g/mol. The fourth-order valence-electron chi connectivity index (χ4n) is 6.02. The van der Waals surface area contributed by atoms with Crippen molar-refractivity contribution in [2.45, 2.75) is 76.6 Å².